The summed E-state index contributed by atoms with van der Waals surface area (Å²) in [7, 11) is 3.61. The van der Waals surface area contributed by atoms with E-state index >= 15 is 0 Å². The van der Waals surface area contributed by atoms with Gasteiger partial charge in [-0.1, -0.05) is 255 Å². The summed E-state index contributed by atoms with van der Waals surface area (Å²) >= 11 is 0. The highest BCUT2D eigenvalue weighted by atomic mass is 33.1. The Hall–Kier alpha value is -0.640. The van der Waals surface area contributed by atoms with Crippen LogP contribution in [0.15, 0.2) is 0 Å². The lowest BCUT2D eigenvalue weighted by atomic mass is 10.0. The lowest BCUT2D eigenvalue weighted by Gasteiger charge is -2.27. The number of aliphatic hydroxyl groups excluding tert-OH is 4. The molecule has 0 aliphatic carbocycles. The molecule has 0 aromatic rings. The normalized spacial score (nSPS) is 15.0. The van der Waals surface area contributed by atoms with Crippen LogP contribution < -0.4 is 10.6 Å². The van der Waals surface area contributed by atoms with Crippen molar-refractivity contribution >= 4 is 33.4 Å². The van der Waals surface area contributed by atoms with E-state index in [2.05, 4.69) is 53.0 Å². The fourth-order valence-electron chi connectivity index (χ4n) is 11.7. The second kappa shape index (κ2) is 59.7. The van der Waals surface area contributed by atoms with E-state index in [9.17, 15) is 30.0 Å². The fourth-order valence-corrected chi connectivity index (χ4v) is 13.9. The van der Waals surface area contributed by atoms with E-state index in [1.165, 1.54) is 193 Å². The topological polar surface area (TPSA) is 149 Å². The molecule has 5 atom stereocenters. The molecule has 0 spiro atoms. The number of nitrogens with one attached hydrogen (secondary N) is 2. The SMILES string of the molecule is CCCCCCCCCCC(O)CN(CCCCSSCCC(NC(=O)CCCN(CC(O)CCCCCCCCCC)CC(O)CCCCCCCCCC)C(=O)NCCCCN1CCCC1)CC(O)CCCCCCCCCC. The highest BCUT2D eigenvalue weighted by molar-refractivity contribution is 8.76. The maximum atomic E-state index is 13.7. The molecule has 0 bridgehead atoms. The molecule has 1 aliphatic rings. The molecule has 1 aliphatic heterocycles. The van der Waals surface area contributed by atoms with Gasteiger partial charge in [-0.2, -0.15) is 0 Å². The van der Waals surface area contributed by atoms with Crippen LogP contribution >= 0.6 is 21.6 Å². The molecule has 0 saturated carbocycles. The molecule has 2 amide bonds. The van der Waals surface area contributed by atoms with Crippen LogP contribution in [-0.4, -0.2) is 154 Å². The summed E-state index contributed by atoms with van der Waals surface area (Å²) in [4.78, 5) is 34.4. The minimum atomic E-state index is -0.592. The molecule has 5 unspecified atom stereocenters. The Bertz CT molecular complexity index is 1280. The Balaban J connectivity index is 2.77. The molecule has 482 valence electrons. The van der Waals surface area contributed by atoms with Gasteiger partial charge in [0.05, 0.1) is 24.4 Å². The quantitative estimate of drug-likeness (QED) is 0.0255. The van der Waals surface area contributed by atoms with Gasteiger partial charge in [0.15, 0.2) is 0 Å². The van der Waals surface area contributed by atoms with Gasteiger partial charge in [0, 0.05) is 50.7 Å². The number of carbonyl (C=O) groups is 2. The van der Waals surface area contributed by atoms with Gasteiger partial charge in [0.1, 0.15) is 6.04 Å². The maximum Gasteiger partial charge on any atom is 0.242 e. The van der Waals surface area contributed by atoms with Crippen LogP contribution in [0.2, 0.25) is 0 Å². The summed E-state index contributed by atoms with van der Waals surface area (Å²) < 4.78 is 0. The molecule has 1 saturated heterocycles. The summed E-state index contributed by atoms with van der Waals surface area (Å²) in [6, 6.07) is -0.592. The molecule has 1 fully saturated rings. The minimum Gasteiger partial charge on any atom is -0.392 e. The molecule has 1 rings (SSSR count). The summed E-state index contributed by atoms with van der Waals surface area (Å²) in [5, 5.41) is 50.9. The number of hydrogen-bond donors (Lipinski definition) is 6. The number of unbranched alkanes of at least 4 members (excludes halogenated alkanes) is 30. The van der Waals surface area contributed by atoms with E-state index in [-0.39, 0.29) is 24.0 Å². The highest BCUT2D eigenvalue weighted by Gasteiger charge is 2.22. The van der Waals surface area contributed by atoms with Crippen LogP contribution in [0.5, 0.6) is 0 Å². The van der Waals surface area contributed by atoms with Crippen molar-refractivity contribution in [3.63, 3.8) is 0 Å². The zero-order chi connectivity index (χ0) is 58.9. The van der Waals surface area contributed by atoms with Gasteiger partial charge in [-0.15, -0.1) is 0 Å². The van der Waals surface area contributed by atoms with Crippen molar-refractivity contribution in [1.82, 2.24) is 25.3 Å². The van der Waals surface area contributed by atoms with Gasteiger partial charge < -0.3 is 36.0 Å². The Morgan fingerprint density at radius 3 is 1.17 bits per heavy atom. The van der Waals surface area contributed by atoms with Crippen molar-refractivity contribution in [1.29, 1.82) is 0 Å². The maximum absolute atomic E-state index is 13.7. The molecule has 81 heavy (non-hydrogen) atoms. The highest BCUT2D eigenvalue weighted by Crippen LogP contribution is 2.25. The Labute approximate surface area is 510 Å². The van der Waals surface area contributed by atoms with E-state index in [0.29, 0.717) is 58.5 Å². The molecule has 6 N–H and O–H groups in total. The van der Waals surface area contributed by atoms with Crippen LogP contribution in [0.25, 0.3) is 0 Å². The van der Waals surface area contributed by atoms with Crippen molar-refractivity contribution in [2.75, 3.05) is 77.0 Å². The first kappa shape index (κ1) is 78.4. The molecule has 13 heteroatoms. The van der Waals surface area contributed by atoms with E-state index in [4.69, 9.17) is 0 Å². The first-order valence-electron chi connectivity index (χ1n) is 35.3. The summed E-state index contributed by atoms with van der Waals surface area (Å²) in [5.41, 5.74) is 0. The monoisotopic (exact) mass is 1180 g/mol. The van der Waals surface area contributed by atoms with Crippen LogP contribution in [-0.2, 0) is 9.59 Å². The van der Waals surface area contributed by atoms with E-state index in [1.54, 1.807) is 10.8 Å². The molecular formula is C68H137N5O6S2. The van der Waals surface area contributed by atoms with Crippen LogP contribution in [0, 0.1) is 0 Å². The van der Waals surface area contributed by atoms with Crippen molar-refractivity contribution in [3.05, 3.63) is 0 Å². The van der Waals surface area contributed by atoms with Gasteiger partial charge in [-0.3, -0.25) is 19.4 Å². The zero-order valence-electron chi connectivity index (χ0n) is 54.0. The number of nitrogens with zero attached hydrogens (tertiary/aromatic N) is 3. The second-order valence-corrected chi connectivity index (χ2v) is 27.8. The predicted molar refractivity (Wildman–Crippen MR) is 354 cm³/mol. The molecular weight excluding hydrogens is 1050 g/mol. The lowest BCUT2D eigenvalue weighted by molar-refractivity contribution is -0.129. The van der Waals surface area contributed by atoms with Crippen LogP contribution in [0.3, 0.4) is 0 Å². The van der Waals surface area contributed by atoms with Crippen LogP contribution in [0.1, 0.15) is 317 Å². The van der Waals surface area contributed by atoms with Gasteiger partial charge >= 0.3 is 0 Å². The lowest BCUT2D eigenvalue weighted by Crippen LogP contribution is -2.47. The average Bonchev–Trinajstić information content (AvgIpc) is 3.98. The minimum absolute atomic E-state index is 0.0980. The third-order valence-electron chi connectivity index (χ3n) is 16.9. The molecule has 0 radical (unpaired) electrons. The van der Waals surface area contributed by atoms with Gasteiger partial charge in [0.2, 0.25) is 11.8 Å². The second-order valence-electron chi connectivity index (χ2n) is 25.1. The van der Waals surface area contributed by atoms with Crippen LogP contribution in [0.4, 0.5) is 0 Å². The van der Waals surface area contributed by atoms with Crippen molar-refractivity contribution in [2.24, 2.45) is 0 Å². The van der Waals surface area contributed by atoms with Gasteiger partial charge in [-0.05, 0) is 110 Å². The van der Waals surface area contributed by atoms with E-state index in [1.807, 2.05) is 10.8 Å². The number of likely N-dealkylation sites (tertiary alicyclic amines) is 1. The third-order valence-corrected chi connectivity index (χ3v) is 19.4. The zero-order valence-corrected chi connectivity index (χ0v) is 55.6. The number of hydrogen-bond acceptors (Lipinski definition) is 11. The first-order chi connectivity index (χ1) is 39.6. The fraction of sp³-hybridized carbons (Fsp3) is 0.971. The smallest absolute Gasteiger partial charge is 0.242 e. The number of aliphatic hydroxyl groups is 4. The molecule has 0 aromatic carbocycles. The number of rotatable bonds is 64. The predicted octanol–water partition coefficient (Wildman–Crippen LogP) is 16.0. The van der Waals surface area contributed by atoms with Crippen molar-refractivity contribution in [3.8, 4) is 0 Å². The summed E-state index contributed by atoms with van der Waals surface area (Å²) in [6.45, 7) is 16.8. The molecule has 0 aromatic heterocycles. The van der Waals surface area contributed by atoms with E-state index in [0.717, 1.165) is 114 Å². The largest absolute Gasteiger partial charge is 0.392 e. The first-order valence-corrected chi connectivity index (χ1v) is 37.8. The summed E-state index contributed by atoms with van der Waals surface area (Å²) in [5.74, 6) is 1.52. The average molecular weight is 1190 g/mol. The summed E-state index contributed by atoms with van der Waals surface area (Å²) in [6.07, 6.45) is 49.5. The number of amides is 2. The molecule has 1 heterocycles. The Morgan fingerprint density at radius 1 is 0.420 bits per heavy atom. The van der Waals surface area contributed by atoms with E-state index < -0.39 is 18.2 Å². The third kappa shape index (κ3) is 52.2. The number of carbonyl (C=O) groups excluding carboxylic acids is 2. The molecule has 11 nitrogen and oxygen atoms in total. The van der Waals surface area contributed by atoms with Crippen molar-refractivity contribution in [2.45, 2.75) is 347 Å². The Morgan fingerprint density at radius 2 is 0.778 bits per heavy atom. The van der Waals surface area contributed by atoms with Gasteiger partial charge in [0.25, 0.3) is 0 Å². The standard InChI is InChI=1S/C68H137N5O6S2/c1-5-9-13-17-21-25-29-33-44-62(74)58-72(59-63(75)45-34-30-26-22-18-14-10-6-2)54-41-42-56-80-81-57-49-66(68(79)69-50-37-38-51-71-52-39-40-53-71)70-67(78)48-43-55-73(60-64(76)46-35-31-27-23-19-15-11-7-3)61-65(77)47-36-32-28-24-20-16-12-8-4/h62-66,74-77H,5-61H2,1-4H3,(H,69,79)(H,70,78). The Kier molecular flexibility index (Phi) is 57.7. The van der Waals surface area contributed by atoms with Gasteiger partial charge in [-0.25, -0.2) is 0 Å². The van der Waals surface area contributed by atoms with Crippen molar-refractivity contribution < 1.29 is 30.0 Å².